The smallest absolute Gasteiger partial charge is 0.104 e. The van der Waals surface area contributed by atoms with Crippen LogP contribution >= 0.6 is 11.6 Å². The fourth-order valence-electron chi connectivity index (χ4n) is 0.783. The Morgan fingerprint density at radius 2 is 2.27 bits per heavy atom. The molecule has 1 aliphatic heterocycles. The molecular formula is C8H15ClO2. The molecule has 66 valence electrons. The minimum Gasteiger partial charge on any atom is -0.373 e. The van der Waals surface area contributed by atoms with E-state index in [9.17, 15) is 0 Å². The Bertz CT molecular complexity index is 121. The fraction of sp³-hybridized carbons (Fsp3) is 1.00. The molecule has 1 heterocycles. The van der Waals surface area contributed by atoms with E-state index in [-0.39, 0.29) is 5.60 Å². The van der Waals surface area contributed by atoms with Gasteiger partial charge in [-0.1, -0.05) is 0 Å². The molecule has 0 saturated carbocycles. The Labute approximate surface area is 72.8 Å². The van der Waals surface area contributed by atoms with Crippen LogP contribution in [-0.2, 0) is 9.47 Å². The standard InChI is InChI=1S/C8H15ClO2/c1-8(2,3-4-9)11-6-7-5-10-7/h7H,3-6H2,1-2H3. The monoisotopic (exact) mass is 178 g/mol. The zero-order valence-electron chi connectivity index (χ0n) is 7.10. The summed E-state index contributed by atoms with van der Waals surface area (Å²) in [6.45, 7) is 5.68. The van der Waals surface area contributed by atoms with E-state index in [1.165, 1.54) is 0 Å². The second kappa shape index (κ2) is 3.74. The van der Waals surface area contributed by atoms with Crippen molar-refractivity contribution in [1.29, 1.82) is 0 Å². The molecule has 1 aliphatic rings. The Morgan fingerprint density at radius 3 is 2.73 bits per heavy atom. The lowest BCUT2D eigenvalue weighted by Crippen LogP contribution is -2.26. The molecule has 11 heavy (non-hydrogen) atoms. The molecule has 0 aliphatic carbocycles. The lowest BCUT2D eigenvalue weighted by Gasteiger charge is -2.23. The van der Waals surface area contributed by atoms with Crippen molar-refractivity contribution in [3.63, 3.8) is 0 Å². The summed E-state index contributed by atoms with van der Waals surface area (Å²) >= 11 is 5.61. The summed E-state index contributed by atoms with van der Waals surface area (Å²) in [5.74, 6) is 0.651. The van der Waals surface area contributed by atoms with Gasteiger partial charge >= 0.3 is 0 Å². The van der Waals surface area contributed by atoms with Gasteiger partial charge in [0.15, 0.2) is 0 Å². The summed E-state index contributed by atoms with van der Waals surface area (Å²) in [6, 6.07) is 0. The first-order chi connectivity index (χ1) is 5.14. The number of hydrogen-bond donors (Lipinski definition) is 0. The van der Waals surface area contributed by atoms with Gasteiger partial charge in [-0.05, 0) is 20.3 Å². The van der Waals surface area contributed by atoms with E-state index in [4.69, 9.17) is 21.1 Å². The molecule has 1 atom stereocenters. The van der Waals surface area contributed by atoms with Crippen molar-refractivity contribution in [3.05, 3.63) is 0 Å². The fourth-order valence-corrected chi connectivity index (χ4v) is 1.24. The maximum atomic E-state index is 5.61. The van der Waals surface area contributed by atoms with Crippen molar-refractivity contribution in [2.75, 3.05) is 19.1 Å². The van der Waals surface area contributed by atoms with Crippen LogP contribution in [0.5, 0.6) is 0 Å². The molecule has 1 fully saturated rings. The molecule has 0 spiro atoms. The van der Waals surface area contributed by atoms with Gasteiger partial charge in [-0.3, -0.25) is 0 Å². The average Bonchev–Trinajstić information content (AvgIpc) is 2.65. The summed E-state index contributed by atoms with van der Waals surface area (Å²) < 4.78 is 10.6. The number of halogens is 1. The molecule has 0 aromatic rings. The topological polar surface area (TPSA) is 21.8 Å². The van der Waals surface area contributed by atoms with Gasteiger partial charge in [0.1, 0.15) is 6.10 Å². The third kappa shape index (κ3) is 3.94. The van der Waals surface area contributed by atoms with Crippen molar-refractivity contribution < 1.29 is 9.47 Å². The van der Waals surface area contributed by atoms with E-state index in [1.54, 1.807) is 0 Å². The third-order valence-corrected chi connectivity index (χ3v) is 1.95. The summed E-state index contributed by atoms with van der Waals surface area (Å²) in [5.41, 5.74) is -0.0896. The van der Waals surface area contributed by atoms with Crippen LogP contribution in [0.4, 0.5) is 0 Å². The Hall–Kier alpha value is 0.210. The zero-order valence-corrected chi connectivity index (χ0v) is 7.86. The summed E-state index contributed by atoms with van der Waals surface area (Å²) in [6.07, 6.45) is 1.24. The van der Waals surface area contributed by atoms with Crippen molar-refractivity contribution >= 4 is 11.6 Å². The van der Waals surface area contributed by atoms with Crippen LogP contribution < -0.4 is 0 Å². The van der Waals surface area contributed by atoms with E-state index in [1.807, 2.05) is 0 Å². The molecule has 1 saturated heterocycles. The quantitative estimate of drug-likeness (QED) is 0.473. The first kappa shape index (κ1) is 9.30. The SMILES string of the molecule is CC(C)(CCCl)OCC1CO1. The number of rotatable bonds is 5. The molecule has 0 aromatic heterocycles. The zero-order chi connectivity index (χ0) is 8.32. The Morgan fingerprint density at radius 1 is 1.64 bits per heavy atom. The van der Waals surface area contributed by atoms with Crippen LogP contribution in [0.25, 0.3) is 0 Å². The number of ether oxygens (including phenoxy) is 2. The summed E-state index contributed by atoms with van der Waals surface area (Å²) in [4.78, 5) is 0. The molecule has 0 bridgehead atoms. The van der Waals surface area contributed by atoms with Gasteiger partial charge in [0, 0.05) is 5.88 Å². The lowest BCUT2D eigenvalue weighted by molar-refractivity contribution is -0.0260. The molecular weight excluding hydrogens is 164 g/mol. The maximum Gasteiger partial charge on any atom is 0.104 e. The van der Waals surface area contributed by atoms with Crippen LogP contribution in [0.3, 0.4) is 0 Å². The average molecular weight is 179 g/mol. The highest BCUT2D eigenvalue weighted by Gasteiger charge is 2.26. The molecule has 1 rings (SSSR count). The second-order valence-corrected chi connectivity index (χ2v) is 3.84. The van der Waals surface area contributed by atoms with Crippen molar-refractivity contribution in [2.24, 2.45) is 0 Å². The first-order valence-electron chi connectivity index (χ1n) is 3.95. The van der Waals surface area contributed by atoms with Crippen LogP contribution in [0.15, 0.2) is 0 Å². The van der Waals surface area contributed by atoms with E-state index >= 15 is 0 Å². The molecule has 0 radical (unpaired) electrons. The van der Waals surface area contributed by atoms with E-state index in [0.29, 0.717) is 18.6 Å². The first-order valence-corrected chi connectivity index (χ1v) is 4.49. The maximum absolute atomic E-state index is 5.61. The van der Waals surface area contributed by atoms with Crippen molar-refractivity contribution in [2.45, 2.75) is 32.0 Å². The molecule has 2 nitrogen and oxygen atoms in total. The van der Waals surface area contributed by atoms with Crippen LogP contribution in [-0.4, -0.2) is 30.8 Å². The summed E-state index contributed by atoms with van der Waals surface area (Å²) in [7, 11) is 0. The highest BCUT2D eigenvalue weighted by Crippen LogP contribution is 2.18. The molecule has 0 amide bonds. The van der Waals surface area contributed by atoms with E-state index in [0.717, 1.165) is 13.0 Å². The normalized spacial score (nSPS) is 23.7. The van der Waals surface area contributed by atoms with Gasteiger partial charge in [0.2, 0.25) is 0 Å². The highest BCUT2D eigenvalue weighted by molar-refractivity contribution is 6.17. The number of hydrogen-bond acceptors (Lipinski definition) is 2. The van der Waals surface area contributed by atoms with Crippen LogP contribution in [0.1, 0.15) is 20.3 Å². The van der Waals surface area contributed by atoms with Gasteiger partial charge in [0.05, 0.1) is 18.8 Å². The van der Waals surface area contributed by atoms with Crippen molar-refractivity contribution in [1.82, 2.24) is 0 Å². The van der Waals surface area contributed by atoms with Crippen molar-refractivity contribution in [3.8, 4) is 0 Å². The lowest BCUT2D eigenvalue weighted by atomic mass is 10.1. The predicted octanol–water partition coefficient (Wildman–Crippen LogP) is 1.81. The van der Waals surface area contributed by atoms with E-state index in [2.05, 4.69) is 13.8 Å². The second-order valence-electron chi connectivity index (χ2n) is 3.47. The highest BCUT2D eigenvalue weighted by atomic mass is 35.5. The predicted molar refractivity (Wildman–Crippen MR) is 45.1 cm³/mol. The van der Waals surface area contributed by atoms with Crippen LogP contribution in [0.2, 0.25) is 0 Å². The molecule has 0 N–H and O–H groups in total. The largest absolute Gasteiger partial charge is 0.373 e. The number of alkyl halides is 1. The van der Waals surface area contributed by atoms with Crippen LogP contribution in [0, 0.1) is 0 Å². The summed E-state index contributed by atoms with van der Waals surface area (Å²) in [5, 5.41) is 0. The van der Waals surface area contributed by atoms with E-state index < -0.39 is 0 Å². The van der Waals surface area contributed by atoms with Gasteiger partial charge in [0.25, 0.3) is 0 Å². The Kier molecular flexibility index (Phi) is 3.16. The minimum absolute atomic E-state index is 0.0896. The van der Waals surface area contributed by atoms with Gasteiger partial charge in [-0.25, -0.2) is 0 Å². The molecule has 1 unspecified atom stereocenters. The number of epoxide rings is 1. The molecule has 0 aromatic carbocycles. The van der Waals surface area contributed by atoms with Gasteiger partial charge in [-0.2, -0.15) is 0 Å². The van der Waals surface area contributed by atoms with Gasteiger partial charge < -0.3 is 9.47 Å². The molecule has 3 heteroatoms. The van der Waals surface area contributed by atoms with Gasteiger partial charge in [-0.15, -0.1) is 11.6 Å². The third-order valence-electron chi connectivity index (χ3n) is 1.76. The minimum atomic E-state index is -0.0896. The Balaban J connectivity index is 2.09.